The van der Waals surface area contributed by atoms with Gasteiger partial charge in [0.25, 0.3) is 11.5 Å². The number of para-hydroxylation sites is 1. The minimum absolute atomic E-state index is 0.0118. The highest BCUT2D eigenvalue weighted by Crippen LogP contribution is 2.23. The van der Waals surface area contributed by atoms with Crippen LogP contribution >= 0.6 is 0 Å². The molecular formula is C19H14N4O3. The maximum Gasteiger partial charge on any atom is 0.269 e. The van der Waals surface area contributed by atoms with Crippen LogP contribution in [0.15, 0.2) is 65.1 Å². The van der Waals surface area contributed by atoms with E-state index in [2.05, 4.69) is 10.3 Å². The number of pyridine rings is 1. The maximum atomic E-state index is 12.9. The van der Waals surface area contributed by atoms with Crippen molar-refractivity contribution in [1.29, 1.82) is 5.26 Å². The summed E-state index contributed by atoms with van der Waals surface area (Å²) in [7, 11) is 1.40. The Bertz CT molecular complexity index is 1100. The van der Waals surface area contributed by atoms with E-state index < -0.39 is 11.5 Å². The second-order valence-corrected chi connectivity index (χ2v) is 5.23. The Hall–Kier alpha value is -3.92. The Morgan fingerprint density at radius 2 is 1.96 bits per heavy atom. The summed E-state index contributed by atoms with van der Waals surface area (Å²) < 4.78 is 7.07. The highest BCUT2D eigenvalue weighted by atomic mass is 16.5. The van der Waals surface area contributed by atoms with Crippen molar-refractivity contribution in [2.24, 2.45) is 0 Å². The molecule has 1 N–H and O–H groups in total. The van der Waals surface area contributed by atoms with Gasteiger partial charge in [-0.05, 0) is 30.3 Å². The van der Waals surface area contributed by atoms with Crippen LogP contribution in [-0.4, -0.2) is 22.3 Å². The average molecular weight is 346 g/mol. The average Bonchev–Trinajstić information content (AvgIpc) is 2.68. The van der Waals surface area contributed by atoms with E-state index in [1.54, 1.807) is 54.7 Å². The van der Waals surface area contributed by atoms with Crippen molar-refractivity contribution in [2.75, 3.05) is 7.05 Å². The van der Waals surface area contributed by atoms with Gasteiger partial charge in [0.15, 0.2) is 0 Å². The lowest BCUT2D eigenvalue weighted by Gasteiger charge is -2.10. The lowest BCUT2D eigenvalue weighted by atomic mass is 10.1. The van der Waals surface area contributed by atoms with Gasteiger partial charge in [0.05, 0.1) is 0 Å². The molecule has 0 fully saturated rings. The van der Waals surface area contributed by atoms with Gasteiger partial charge in [0.2, 0.25) is 5.88 Å². The van der Waals surface area contributed by atoms with Gasteiger partial charge in [-0.15, -0.1) is 0 Å². The molecule has 0 unspecified atom stereocenters. The number of hydrogen-bond acceptors (Lipinski definition) is 5. The summed E-state index contributed by atoms with van der Waals surface area (Å²) in [5.74, 6) is -0.104. The topological polar surface area (TPSA) is 96.5 Å². The molecule has 0 atom stereocenters. The van der Waals surface area contributed by atoms with Gasteiger partial charge >= 0.3 is 0 Å². The van der Waals surface area contributed by atoms with Gasteiger partial charge in [-0.2, -0.15) is 10.2 Å². The van der Waals surface area contributed by atoms with E-state index in [4.69, 9.17) is 4.74 Å². The molecule has 3 aromatic rings. The summed E-state index contributed by atoms with van der Waals surface area (Å²) in [6.45, 7) is 0. The zero-order valence-electron chi connectivity index (χ0n) is 13.8. The third-order valence-corrected chi connectivity index (χ3v) is 3.57. The number of nitrogens with one attached hydrogen (secondary N) is 1. The minimum Gasteiger partial charge on any atom is -0.438 e. The molecule has 0 bridgehead atoms. The molecule has 0 radical (unpaired) electrons. The van der Waals surface area contributed by atoms with E-state index in [9.17, 15) is 14.9 Å². The lowest BCUT2D eigenvalue weighted by Crippen LogP contribution is -2.22. The van der Waals surface area contributed by atoms with Crippen molar-refractivity contribution < 1.29 is 9.53 Å². The number of amides is 1. The number of fused-ring (bicyclic) bond motifs is 1. The molecule has 26 heavy (non-hydrogen) atoms. The molecule has 0 aliphatic rings. The van der Waals surface area contributed by atoms with Gasteiger partial charge in [-0.25, -0.2) is 0 Å². The Labute approximate surface area is 148 Å². The molecule has 7 heteroatoms. The van der Waals surface area contributed by atoms with E-state index in [0.29, 0.717) is 11.4 Å². The van der Waals surface area contributed by atoms with Crippen LogP contribution in [0.2, 0.25) is 0 Å². The normalized spacial score (nSPS) is 11.0. The lowest BCUT2D eigenvalue weighted by molar-refractivity contribution is -0.116. The van der Waals surface area contributed by atoms with E-state index >= 15 is 0 Å². The molecule has 0 aliphatic carbocycles. The number of ether oxygens (including phenoxy) is 1. The van der Waals surface area contributed by atoms with Crippen LogP contribution in [0, 0.1) is 11.3 Å². The van der Waals surface area contributed by atoms with Crippen molar-refractivity contribution in [1.82, 2.24) is 14.7 Å². The molecule has 2 aromatic heterocycles. The fourth-order valence-corrected chi connectivity index (χ4v) is 2.31. The highest BCUT2D eigenvalue weighted by Gasteiger charge is 2.16. The van der Waals surface area contributed by atoms with Gasteiger partial charge in [0, 0.05) is 13.2 Å². The molecular weight excluding hydrogens is 332 g/mol. The first-order valence-corrected chi connectivity index (χ1v) is 7.72. The predicted molar refractivity (Wildman–Crippen MR) is 95.6 cm³/mol. The van der Waals surface area contributed by atoms with Crippen molar-refractivity contribution in [3.8, 4) is 17.7 Å². The first-order valence-electron chi connectivity index (χ1n) is 7.72. The number of nitrogens with zero attached hydrogens (tertiary/aromatic N) is 3. The number of likely N-dealkylation sites (N-methyl/N-ethyl adjacent to an activating group) is 1. The Kier molecular flexibility index (Phi) is 4.76. The second kappa shape index (κ2) is 7.32. The van der Waals surface area contributed by atoms with Crippen LogP contribution in [0.4, 0.5) is 0 Å². The monoisotopic (exact) mass is 346 g/mol. The predicted octanol–water partition coefficient (Wildman–Crippen LogP) is 2.14. The number of aromatic nitrogens is 2. The molecule has 1 amide bonds. The Morgan fingerprint density at radius 1 is 1.23 bits per heavy atom. The van der Waals surface area contributed by atoms with Gasteiger partial charge < -0.3 is 10.1 Å². The number of rotatable bonds is 4. The molecule has 0 saturated carbocycles. The smallest absolute Gasteiger partial charge is 0.269 e. The van der Waals surface area contributed by atoms with E-state index in [0.717, 1.165) is 0 Å². The van der Waals surface area contributed by atoms with Gasteiger partial charge in [0.1, 0.15) is 28.6 Å². The van der Waals surface area contributed by atoms with Gasteiger partial charge in [-0.3, -0.25) is 14.0 Å². The summed E-state index contributed by atoms with van der Waals surface area (Å²) in [6.07, 6.45) is 2.74. The molecule has 7 nitrogen and oxygen atoms in total. The minimum atomic E-state index is -0.601. The van der Waals surface area contributed by atoms with E-state index in [1.807, 2.05) is 6.07 Å². The summed E-state index contributed by atoms with van der Waals surface area (Å²) >= 11 is 0. The zero-order chi connectivity index (χ0) is 18.5. The van der Waals surface area contributed by atoms with Crippen molar-refractivity contribution in [3.05, 3.63) is 76.2 Å². The van der Waals surface area contributed by atoms with E-state index in [1.165, 1.54) is 17.5 Å². The Morgan fingerprint density at radius 3 is 2.65 bits per heavy atom. The third kappa shape index (κ3) is 3.30. The number of carbonyl (C=O) groups is 1. The van der Waals surface area contributed by atoms with Crippen LogP contribution in [0.25, 0.3) is 11.7 Å². The molecule has 0 aliphatic heterocycles. The van der Waals surface area contributed by atoms with Crippen molar-refractivity contribution in [2.45, 2.75) is 0 Å². The standard InChI is InChI=1S/C19H14N4O3/c1-21-17(24)13(12-20)11-15-18(26-14-7-3-2-4-8-14)22-16-9-5-6-10-23(16)19(15)25/h2-11H,1H3,(H,21,24)/b13-11+. The van der Waals surface area contributed by atoms with Gasteiger partial charge in [-0.1, -0.05) is 24.3 Å². The quantitative estimate of drug-likeness (QED) is 0.577. The van der Waals surface area contributed by atoms with Crippen molar-refractivity contribution in [3.63, 3.8) is 0 Å². The molecule has 3 rings (SSSR count). The maximum absolute atomic E-state index is 12.9. The number of hydrogen-bond donors (Lipinski definition) is 1. The van der Waals surface area contributed by atoms with Crippen LogP contribution in [0.5, 0.6) is 11.6 Å². The molecule has 128 valence electrons. The Balaban J connectivity index is 2.24. The van der Waals surface area contributed by atoms with E-state index in [-0.39, 0.29) is 17.0 Å². The number of carbonyl (C=O) groups excluding carboxylic acids is 1. The summed E-state index contributed by atoms with van der Waals surface area (Å²) in [6, 6.07) is 15.7. The molecule has 0 spiro atoms. The largest absolute Gasteiger partial charge is 0.438 e. The first kappa shape index (κ1) is 16.9. The second-order valence-electron chi connectivity index (χ2n) is 5.23. The SMILES string of the molecule is CNC(=O)/C(C#N)=C/c1c(Oc2ccccc2)nc2ccccn2c1=O. The number of benzene rings is 1. The van der Waals surface area contributed by atoms with Crippen LogP contribution in [-0.2, 0) is 4.79 Å². The van der Waals surface area contributed by atoms with Crippen LogP contribution < -0.4 is 15.6 Å². The van der Waals surface area contributed by atoms with Crippen LogP contribution in [0.3, 0.4) is 0 Å². The zero-order valence-corrected chi connectivity index (χ0v) is 13.8. The summed E-state index contributed by atoms with van der Waals surface area (Å²) in [4.78, 5) is 29.0. The highest BCUT2D eigenvalue weighted by molar-refractivity contribution is 6.01. The molecule has 0 saturated heterocycles. The van der Waals surface area contributed by atoms with Crippen LogP contribution in [0.1, 0.15) is 5.56 Å². The first-order chi connectivity index (χ1) is 12.6. The summed E-state index contributed by atoms with van der Waals surface area (Å²) in [5, 5.41) is 11.6. The third-order valence-electron chi connectivity index (χ3n) is 3.57. The molecule has 1 aromatic carbocycles. The molecule has 2 heterocycles. The summed E-state index contributed by atoms with van der Waals surface area (Å²) in [5.41, 5.74) is -0.268. The van der Waals surface area contributed by atoms with Crippen molar-refractivity contribution >= 4 is 17.6 Å². The number of nitriles is 1. The fourth-order valence-electron chi connectivity index (χ4n) is 2.31. The fraction of sp³-hybridized carbons (Fsp3) is 0.0526.